The summed E-state index contributed by atoms with van der Waals surface area (Å²) >= 11 is 6.30. The van der Waals surface area contributed by atoms with E-state index in [1.54, 1.807) is 6.20 Å². The Labute approximate surface area is 133 Å². The number of aromatic nitrogens is 2. The highest BCUT2D eigenvalue weighted by atomic mass is 35.5. The van der Waals surface area contributed by atoms with Gasteiger partial charge in [-0.2, -0.15) is 5.10 Å². The molecule has 0 bridgehead atoms. The molecule has 1 heterocycles. The minimum Gasteiger partial charge on any atom is -0.308 e. The molecule has 0 aliphatic heterocycles. The van der Waals surface area contributed by atoms with Gasteiger partial charge in [-0.05, 0) is 20.5 Å². The summed E-state index contributed by atoms with van der Waals surface area (Å²) in [4.78, 5) is 2.13. The highest BCUT2D eigenvalue weighted by Gasteiger charge is 2.19. The first-order chi connectivity index (χ1) is 10.1. The molecule has 0 radical (unpaired) electrons. The summed E-state index contributed by atoms with van der Waals surface area (Å²) in [5.74, 6) is 5.74. The highest BCUT2D eigenvalue weighted by molar-refractivity contribution is 6.31. The van der Waals surface area contributed by atoms with Gasteiger partial charge in [-0.15, -0.1) is 0 Å². The second kappa shape index (κ2) is 10.2. The van der Waals surface area contributed by atoms with E-state index in [2.05, 4.69) is 36.4 Å². The van der Waals surface area contributed by atoms with Gasteiger partial charge in [-0.3, -0.25) is 16.0 Å². The smallest absolute Gasteiger partial charge is 0.0834 e. The predicted molar refractivity (Wildman–Crippen MR) is 89.2 cm³/mol. The second-order valence-corrected chi connectivity index (χ2v) is 6.23. The van der Waals surface area contributed by atoms with Gasteiger partial charge in [-0.25, -0.2) is 0 Å². The number of nitrogens with two attached hydrogens (primary N) is 1. The fraction of sp³-hybridized carbons (Fsp3) is 0.800. The maximum atomic E-state index is 6.30. The van der Waals surface area contributed by atoms with Crippen LogP contribution in [0.2, 0.25) is 5.02 Å². The normalized spacial score (nSPS) is 13.0. The van der Waals surface area contributed by atoms with Crippen LogP contribution in [-0.2, 0) is 6.54 Å². The molecule has 0 saturated carbocycles. The van der Waals surface area contributed by atoms with E-state index < -0.39 is 0 Å². The van der Waals surface area contributed by atoms with Gasteiger partial charge in [0.1, 0.15) is 0 Å². The van der Waals surface area contributed by atoms with Gasteiger partial charge in [0, 0.05) is 6.54 Å². The average molecular weight is 316 g/mol. The molecule has 0 aliphatic carbocycles. The summed E-state index contributed by atoms with van der Waals surface area (Å²) < 4.78 is 1.97. The highest BCUT2D eigenvalue weighted by Crippen LogP contribution is 2.26. The first-order valence-electron chi connectivity index (χ1n) is 7.92. The van der Waals surface area contributed by atoms with E-state index in [1.807, 2.05) is 4.68 Å². The molecule has 3 N–H and O–H groups in total. The molecular formula is C15H30ClN5. The monoisotopic (exact) mass is 315 g/mol. The van der Waals surface area contributed by atoms with Crippen molar-refractivity contribution in [2.75, 3.05) is 20.6 Å². The zero-order chi connectivity index (χ0) is 15.7. The minimum atomic E-state index is 0.0730. The van der Waals surface area contributed by atoms with Crippen LogP contribution >= 0.6 is 11.6 Å². The lowest BCUT2D eigenvalue weighted by molar-refractivity contribution is 0.358. The Bertz CT molecular complexity index is 391. The van der Waals surface area contributed by atoms with Gasteiger partial charge in [0.2, 0.25) is 0 Å². The Morgan fingerprint density at radius 2 is 2.05 bits per heavy atom. The molecule has 1 atom stereocenters. The first kappa shape index (κ1) is 18.4. The van der Waals surface area contributed by atoms with Crippen LogP contribution in [0.5, 0.6) is 0 Å². The van der Waals surface area contributed by atoms with Gasteiger partial charge in [0.05, 0.1) is 29.5 Å². The molecule has 0 spiro atoms. The van der Waals surface area contributed by atoms with E-state index in [4.69, 9.17) is 17.4 Å². The average Bonchev–Trinajstić information content (AvgIpc) is 2.82. The lowest BCUT2D eigenvalue weighted by atomic mass is 10.0. The van der Waals surface area contributed by atoms with Gasteiger partial charge in [-0.1, -0.05) is 50.6 Å². The van der Waals surface area contributed by atoms with Crippen LogP contribution in [0.3, 0.4) is 0 Å². The maximum Gasteiger partial charge on any atom is 0.0834 e. The standard InChI is InChI=1S/C15H30ClN5/c1-4-5-6-7-8-9-14(19-17)15-13(16)12-18-21(15)11-10-20(2)3/h12,14,19H,4-11,17H2,1-3H3. The van der Waals surface area contributed by atoms with Crippen molar-refractivity contribution in [1.82, 2.24) is 20.1 Å². The van der Waals surface area contributed by atoms with Crippen molar-refractivity contribution >= 4 is 11.6 Å². The van der Waals surface area contributed by atoms with Crippen LogP contribution in [-0.4, -0.2) is 35.3 Å². The van der Waals surface area contributed by atoms with Crippen molar-refractivity contribution in [3.05, 3.63) is 16.9 Å². The molecule has 1 aromatic rings. The Kier molecular flexibility index (Phi) is 8.92. The maximum absolute atomic E-state index is 6.30. The molecule has 6 heteroatoms. The zero-order valence-electron chi connectivity index (χ0n) is 13.6. The quantitative estimate of drug-likeness (QED) is 0.374. The molecule has 0 fully saturated rings. The molecule has 5 nitrogen and oxygen atoms in total. The summed E-state index contributed by atoms with van der Waals surface area (Å²) in [5, 5.41) is 5.08. The molecule has 1 unspecified atom stereocenters. The van der Waals surface area contributed by atoms with Gasteiger partial charge >= 0.3 is 0 Å². The van der Waals surface area contributed by atoms with Gasteiger partial charge in [0.15, 0.2) is 0 Å². The molecule has 0 aliphatic rings. The molecule has 0 saturated heterocycles. The van der Waals surface area contributed by atoms with Crippen molar-refractivity contribution in [1.29, 1.82) is 0 Å². The summed E-state index contributed by atoms with van der Waals surface area (Å²) in [6.45, 7) is 3.98. The Morgan fingerprint density at radius 1 is 1.33 bits per heavy atom. The number of hydrogen-bond acceptors (Lipinski definition) is 4. The van der Waals surface area contributed by atoms with Crippen LogP contribution in [0.4, 0.5) is 0 Å². The van der Waals surface area contributed by atoms with E-state index in [-0.39, 0.29) is 6.04 Å². The first-order valence-corrected chi connectivity index (χ1v) is 8.30. The van der Waals surface area contributed by atoms with E-state index in [0.717, 1.165) is 31.6 Å². The molecule has 21 heavy (non-hydrogen) atoms. The molecule has 122 valence electrons. The van der Waals surface area contributed by atoms with Crippen LogP contribution in [0.1, 0.15) is 57.2 Å². The Morgan fingerprint density at radius 3 is 2.67 bits per heavy atom. The fourth-order valence-electron chi connectivity index (χ4n) is 2.44. The third-order valence-electron chi connectivity index (χ3n) is 3.72. The molecule has 0 amide bonds. The minimum absolute atomic E-state index is 0.0730. The third-order valence-corrected chi connectivity index (χ3v) is 4.01. The summed E-state index contributed by atoms with van der Waals surface area (Å²) in [5.41, 5.74) is 3.92. The summed E-state index contributed by atoms with van der Waals surface area (Å²) in [7, 11) is 4.11. The van der Waals surface area contributed by atoms with Crippen molar-refractivity contribution in [3.8, 4) is 0 Å². The van der Waals surface area contributed by atoms with Crippen molar-refractivity contribution < 1.29 is 0 Å². The fourth-order valence-corrected chi connectivity index (χ4v) is 2.72. The molecule has 1 aromatic heterocycles. The molecule has 0 aromatic carbocycles. The van der Waals surface area contributed by atoms with Crippen molar-refractivity contribution in [3.63, 3.8) is 0 Å². The topological polar surface area (TPSA) is 59.1 Å². The summed E-state index contributed by atoms with van der Waals surface area (Å²) in [6.07, 6.45) is 8.98. The lowest BCUT2D eigenvalue weighted by Crippen LogP contribution is -2.31. The van der Waals surface area contributed by atoms with E-state index >= 15 is 0 Å². The van der Waals surface area contributed by atoms with Crippen molar-refractivity contribution in [2.24, 2.45) is 5.84 Å². The SMILES string of the molecule is CCCCCCCC(NN)c1c(Cl)cnn1CCN(C)C. The van der Waals surface area contributed by atoms with Gasteiger partial charge < -0.3 is 4.90 Å². The predicted octanol–water partition coefficient (Wildman–Crippen LogP) is 2.96. The van der Waals surface area contributed by atoms with Gasteiger partial charge in [0.25, 0.3) is 0 Å². The number of hydrazine groups is 1. The number of hydrogen-bond donors (Lipinski definition) is 2. The Hall–Kier alpha value is -0.620. The Balaban J connectivity index is 2.59. The second-order valence-electron chi connectivity index (χ2n) is 5.83. The van der Waals surface area contributed by atoms with Crippen molar-refractivity contribution in [2.45, 2.75) is 58.0 Å². The van der Waals surface area contributed by atoms with Crippen LogP contribution < -0.4 is 11.3 Å². The summed E-state index contributed by atoms with van der Waals surface area (Å²) in [6, 6.07) is 0.0730. The third kappa shape index (κ3) is 6.34. The van der Waals surface area contributed by atoms with Crippen LogP contribution in [0.15, 0.2) is 6.20 Å². The molecule has 1 rings (SSSR count). The van der Waals surface area contributed by atoms with Crippen LogP contribution in [0, 0.1) is 0 Å². The molecular weight excluding hydrogens is 286 g/mol. The number of likely N-dealkylation sites (N-methyl/N-ethyl adjacent to an activating group) is 1. The lowest BCUT2D eigenvalue weighted by Gasteiger charge is -2.19. The van der Waals surface area contributed by atoms with E-state index in [0.29, 0.717) is 5.02 Å². The number of unbranched alkanes of at least 4 members (excludes halogenated alkanes) is 4. The number of rotatable bonds is 11. The largest absolute Gasteiger partial charge is 0.308 e. The van der Waals surface area contributed by atoms with Crippen LogP contribution in [0.25, 0.3) is 0 Å². The number of nitrogens with zero attached hydrogens (tertiary/aromatic N) is 3. The van der Waals surface area contributed by atoms with E-state index in [1.165, 1.54) is 25.7 Å². The number of nitrogens with one attached hydrogen (secondary N) is 1. The zero-order valence-corrected chi connectivity index (χ0v) is 14.4. The van der Waals surface area contributed by atoms with E-state index in [9.17, 15) is 0 Å². The number of halogens is 1.